The highest BCUT2D eigenvalue weighted by Crippen LogP contribution is 2.22. The lowest BCUT2D eigenvalue weighted by Gasteiger charge is -2.12. The maximum Gasteiger partial charge on any atom is 0.422 e. The predicted molar refractivity (Wildman–Crippen MR) is 107 cm³/mol. The quantitative estimate of drug-likeness (QED) is 0.437. The Labute approximate surface area is 174 Å². The molecule has 0 aliphatic rings. The van der Waals surface area contributed by atoms with Gasteiger partial charge in [0, 0.05) is 30.3 Å². The summed E-state index contributed by atoms with van der Waals surface area (Å²) in [5.41, 5.74) is 1.38. The van der Waals surface area contributed by atoms with Crippen LogP contribution >= 0.6 is 0 Å². The summed E-state index contributed by atoms with van der Waals surface area (Å²) >= 11 is 0. The second-order valence-corrected chi connectivity index (χ2v) is 6.65. The van der Waals surface area contributed by atoms with Gasteiger partial charge in [-0.15, -0.1) is 0 Å². The molecule has 10 heteroatoms. The number of guanidine groups is 1. The van der Waals surface area contributed by atoms with Crippen molar-refractivity contribution in [3.05, 3.63) is 41.4 Å². The molecular formula is C20H28F3N5O2. The number of alkyl halides is 3. The summed E-state index contributed by atoms with van der Waals surface area (Å²) in [6.45, 7) is 5.84. The molecule has 0 aromatic carbocycles. The van der Waals surface area contributed by atoms with Gasteiger partial charge in [-0.25, -0.2) is 9.98 Å². The third kappa shape index (κ3) is 7.57. The molecule has 2 rings (SSSR count). The zero-order valence-corrected chi connectivity index (χ0v) is 17.4. The molecule has 2 N–H and O–H groups in total. The molecular weight excluding hydrogens is 399 g/mol. The van der Waals surface area contributed by atoms with Crippen molar-refractivity contribution in [1.82, 2.24) is 20.8 Å². The molecule has 0 saturated heterocycles. The fourth-order valence-corrected chi connectivity index (χ4v) is 2.81. The first-order valence-corrected chi connectivity index (χ1v) is 9.97. The van der Waals surface area contributed by atoms with Crippen molar-refractivity contribution in [3.63, 3.8) is 0 Å². The Hall–Kier alpha value is -2.78. The van der Waals surface area contributed by atoms with E-state index in [0.717, 1.165) is 18.5 Å². The molecule has 30 heavy (non-hydrogen) atoms. The highest BCUT2D eigenvalue weighted by molar-refractivity contribution is 5.79. The van der Waals surface area contributed by atoms with Crippen LogP contribution in [-0.4, -0.2) is 35.4 Å². The molecule has 0 spiro atoms. The van der Waals surface area contributed by atoms with E-state index in [1.165, 1.54) is 6.20 Å². The van der Waals surface area contributed by atoms with Crippen LogP contribution in [0.1, 0.15) is 56.5 Å². The van der Waals surface area contributed by atoms with Crippen LogP contribution in [0.15, 0.2) is 33.9 Å². The number of aliphatic imine (C=N–C) groups is 1. The Morgan fingerprint density at radius 1 is 1.23 bits per heavy atom. The summed E-state index contributed by atoms with van der Waals surface area (Å²) in [4.78, 5) is 8.29. The molecule has 2 aromatic heterocycles. The van der Waals surface area contributed by atoms with Gasteiger partial charge >= 0.3 is 6.18 Å². The zero-order chi connectivity index (χ0) is 22.0. The number of halogens is 3. The molecule has 0 unspecified atom stereocenters. The Bertz CT molecular complexity index is 804. The van der Waals surface area contributed by atoms with Crippen molar-refractivity contribution >= 4 is 5.96 Å². The van der Waals surface area contributed by atoms with E-state index in [2.05, 4.69) is 39.6 Å². The zero-order valence-electron chi connectivity index (χ0n) is 17.4. The minimum absolute atomic E-state index is 0.0838. The number of hydrogen-bond donors (Lipinski definition) is 2. The number of hydrogen-bond acceptors (Lipinski definition) is 5. The van der Waals surface area contributed by atoms with Crippen LogP contribution in [0.4, 0.5) is 13.2 Å². The van der Waals surface area contributed by atoms with Crippen LogP contribution in [0.5, 0.6) is 5.88 Å². The van der Waals surface area contributed by atoms with Gasteiger partial charge in [0.05, 0.1) is 18.8 Å². The number of nitrogens with one attached hydrogen (secondary N) is 2. The van der Waals surface area contributed by atoms with E-state index in [9.17, 15) is 13.2 Å². The molecule has 0 aliphatic heterocycles. The number of aromatic nitrogens is 2. The number of nitrogens with zero attached hydrogens (tertiary/aromatic N) is 3. The highest BCUT2D eigenvalue weighted by Gasteiger charge is 2.29. The van der Waals surface area contributed by atoms with Crippen LogP contribution in [0.3, 0.4) is 0 Å². The summed E-state index contributed by atoms with van der Waals surface area (Å²) in [5.74, 6) is 1.45. The van der Waals surface area contributed by atoms with E-state index < -0.39 is 12.8 Å². The Balaban J connectivity index is 2.01. The maximum atomic E-state index is 12.4. The van der Waals surface area contributed by atoms with Crippen LogP contribution in [-0.2, 0) is 13.1 Å². The summed E-state index contributed by atoms with van der Waals surface area (Å²) in [5, 5.41) is 10.4. The SMILES string of the molecule is CCNC(=NCc1cccnc1OCC(F)(F)F)NCc1cc(C(CC)CC)no1. The fraction of sp³-hybridized carbons (Fsp3) is 0.550. The van der Waals surface area contributed by atoms with Crippen molar-refractivity contribution in [2.24, 2.45) is 4.99 Å². The molecule has 0 aliphatic carbocycles. The van der Waals surface area contributed by atoms with E-state index in [1.54, 1.807) is 12.1 Å². The van der Waals surface area contributed by atoms with Gasteiger partial charge in [0.25, 0.3) is 0 Å². The summed E-state index contributed by atoms with van der Waals surface area (Å²) < 4.78 is 47.5. The van der Waals surface area contributed by atoms with Gasteiger partial charge < -0.3 is 19.9 Å². The average molecular weight is 427 g/mol. The molecule has 0 bridgehead atoms. The first-order chi connectivity index (χ1) is 14.4. The number of ether oxygens (including phenoxy) is 1. The van der Waals surface area contributed by atoms with E-state index in [-0.39, 0.29) is 12.4 Å². The lowest BCUT2D eigenvalue weighted by Crippen LogP contribution is -2.36. The van der Waals surface area contributed by atoms with E-state index in [1.807, 2.05) is 13.0 Å². The topological polar surface area (TPSA) is 84.6 Å². The smallest absolute Gasteiger partial charge is 0.422 e. The van der Waals surface area contributed by atoms with Gasteiger partial charge in [0.2, 0.25) is 5.88 Å². The monoisotopic (exact) mass is 427 g/mol. The molecule has 0 fully saturated rings. The van der Waals surface area contributed by atoms with Crippen molar-refractivity contribution in [3.8, 4) is 5.88 Å². The molecule has 0 saturated carbocycles. The van der Waals surface area contributed by atoms with Crippen LogP contribution < -0.4 is 15.4 Å². The summed E-state index contributed by atoms with van der Waals surface area (Å²) in [6, 6.07) is 5.18. The number of rotatable bonds is 10. The molecule has 0 atom stereocenters. The first kappa shape index (κ1) is 23.5. The maximum absolute atomic E-state index is 12.4. The minimum atomic E-state index is -4.43. The summed E-state index contributed by atoms with van der Waals surface area (Å²) in [6.07, 6.45) is -1.07. The predicted octanol–water partition coefficient (Wildman–Crippen LogP) is 4.17. The molecule has 2 aromatic rings. The lowest BCUT2D eigenvalue weighted by atomic mass is 9.99. The molecule has 0 amide bonds. The van der Waals surface area contributed by atoms with Gasteiger partial charge in [-0.1, -0.05) is 25.1 Å². The largest absolute Gasteiger partial charge is 0.468 e. The first-order valence-electron chi connectivity index (χ1n) is 9.97. The molecule has 0 radical (unpaired) electrons. The van der Waals surface area contributed by atoms with E-state index in [4.69, 9.17) is 9.26 Å². The Morgan fingerprint density at radius 2 is 2.00 bits per heavy atom. The molecule has 166 valence electrons. The minimum Gasteiger partial charge on any atom is -0.468 e. The normalized spacial score (nSPS) is 12.3. The van der Waals surface area contributed by atoms with Gasteiger partial charge in [-0.05, 0) is 25.8 Å². The van der Waals surface area contributed by atoms with Crippen LogP contribution in [0, 0.1) is 0 Å². The Kier molecular flexibility index (Phi) is 8.94. The fourth-order valence-electron chi connectivity index (χ4n) is 2.81. The number of pyridine rings is 1. The van der Waals surface area contributed by atoms with Crippen molar-refractivity contribution in [1.29, 1.82) is 0 Å². The second-order valence-electron chi connectivity index (χ2n) is 6.65. The highest BCUT2D eigenvalue weighted by atomic mass is 19.4. The van der Waals surface area contributed by atoms with E-state index >= 15 is 0 Å². The van der Waals surface area contributed by atoms with Gasteiger partial charge in [0.1, 0.15) is 0 Å². The summed E-state index contributed by atoms with van der Waals surface area (Å²) in [7, 11) is 0. The molecule has 7 nitrogen and oxygen atoms in total. The average Bonchev–Trinajstić information content (AvgIpc) is 3.18. The van der Waals surface area contributed by atoms with Crippen molar-refractivity contribution in [2.75, 3.05) is 13.2 Å². The van der Waals surface area contributed by atoms with Gasteiger partial charge in [0.15, 0.2) is 18.3 Å². The van der Waals surface area contributed by atoms with Gasteiger partial charge in [-0.3, -0.25) is 0 Å². The second kappa shape index (κ2) is 11.4. The molecule has 2 heterocycles. The third-order valence-corrected chi connectivity index (χ3v) is 4.39. The van der Waals surface area contributed by atoms with Crippen LogP contribution in [0.2, 0.25) is 0 Å². The van der Waals surface area contributed by atoms with Crippen molar-refractivity contribution in [2.45, 2.75) is 58.8 Å². The van der Waals surface area contributed by atoms with Crippen molar-refractivity contribution < 1.29 is 22.4 Å². The standard InChI is InChI=1S/C20H28F3N5O2/c1-4-14(5-2)17-10-16(30-28-17)12-27-19(24-6-3)26-11-15-8-7-9-25-18(15)29-13-20(21,22)23/h7-10,14H,4-6,11-13H2,1-3H3,(H2,24,26,27). The lowest BCUT2D eigenvalue weighted by molar-refractivity contribution is -0.154. The van der Waals surface area contributed by atoms with Gasteiger partial charge in [-0.2, -0.15) is 13.2 Å². The van der Waals surface area contributed by atoms with E-state index in [0.29, 0.717) is 36.3 Å². The Morgan fingerprint density at radius 3 is 2.67 bits per heavy atom. The third-order valence-electron chi connectivity index (χ3n) is 4.39. The van der Waals surface area contributed by atoms with Crippen LogP contribution in [0.25, 0.3) is 0 Å².